The highest BCUT2D eigenvalue weighted by Crippen LogP contribution is 2.24. The van der Waals surface area contributed by atoms with Crippen molar-refractivity contribution in [1.82, 2.24) is 24.6 Å². The second-order valence-corrected chi connectivity index (χ2v) is 5.89. The van der Waals surface area contributed by atoms with E-state index in [1.165, 1.54) is 0 Å². The highest BCUT2D eigenvalue weighted by molar-refractivity contribution is 6.06. The highest BCUT2D eigenvalue weighted by Gasteiger charge is 2.18. The number of carbonyl (C=O) groups is 1. The Hall–Kier alpha value is -2.96. The van der Waals surface area contributed by atoms with Gasteiger partial charge in [-0.05, 0) is 32.0 Å². The van der Waals surface area contributed by atoms with Crippen LogP contribution >= 0.6 is 0 Å². The first-order valence-corrected chi connectivity index (χ1v) is 8.11. The minimum absolute atomic E-state index is 0.0775. The van der Waals surface area contributed by atoms with Gasteiger partial charge in [0, 0.05) is 30.7 Å². The Bertz CT molecular complexity index is 919. The minimum atomic E-state index is -0.0775. The third kappa shape index (κ3) is 3.31. The number of hydrogen-bond donors (Lipinski definition) is 0. The molecule has 3 aromatic rings. The summed E-state index contributed by atoms with van der Waals surface area (Å²) in [6, 6.07) is 7.37. The van der Waals surface area contributed by atoms with Crippen LogP contribution in [-0.4, -0.2) is 44.7 Å². The third-order valence-electron chi connectivity index (χ3n) is 4.14. The second kappa shape index (κ2) is 6.88. The molecule has 2 heterocycles. The van der Waals surface area contributed by atoms with Crippen LogP contribution in [0.4, 0.5) is 0 Å². The first-order valence-electron chi connectivity index (χ1n) is 8.11. The molecule has 0 fully saturated rings. The van der Waals surface area contributed by atoms with Gasteiger partial charge in [-0.3, -0.25) is 9.78 Å². The standard InChI is InChI=1S/C18H21N5O2/c1-5-23-11-19-21-17(23)10-22(3)18(24)15-8-12(2)20-16-9-13(25-4)6-7-14(15)16/h6-9,11H,5,10H2,1-4H3. The van der Waals surface area contributed by atoms with Gasteiger partial charge in [0.15, 0.2) is 5.82 Å². The van der Waals surface area contributed by atoms with Crippen molar-refractivity contribution in [2.75, 3.05) is 14.2 Å². The molecule has 0 N–H and O–H groups in total. The maximum atomic E-state index is 13.0. The quantitative estimate of drug-likeness (QED) is 0.714. The van der Waals surface area contributed by atoms with Crippen LogP contribution in [0.25, 0.3) is 10.9 Å². The summed E-state index contributed by atoms with van der Waals surface area (Å²) >= 11 is 0. The van der Waals surface area contributed by atoms with Gasteiger partial charge in [-0.15, -0.1) is 10.2 Å². The number of pyridine rings is 1. The van der Waals surface area contributed by atoms with Crippen LogP contribution in [0.1, 0.15) is 28.8 Å². The van der Waals surface area contributed by atoms with Gasteiger partial charge < -0.3 is 14.2 Å². The lowest BCUT2D eigenvalue weighted by Gasteiger charge is -2.18. The zero-order chi connectivity index (χ0) is 18.0. The maximum Gasteiger partial charge on any atom is 0.254 e. The van der Waals surface area contributed by atoms with Gasteiger partial charge >= 0.3 is 0 Å². The highest BCUT2D eigenvalue weighted by atomic mass is 16.5. The van der Waals surface area contributed by atoms with Crippen molar-refractivity contribution in [2.24, 2.45) is 0 Å². The molecule has 1 amide bonds. The Balaban J connectivity index is 1.96. The number of benzene rings is 1. The molecule has 0 unspecified atom stereocenters. The number of carbonyl (C=O) groups excluding carboxylic acids is 1. The Morgan fingerprint density at radius 1 is 1.32 bits per heavy atom. The molecule has 0 radical (unpaired) electrons. The molecule has 7 nitrogen and oxygen atoms in total. The van der Waals surface area contributed by atoms with E-state index in [4.69, 9.17) is 4.74 Å². The van der Waals surface area contributed by atoms with Crippen LogP contribution in [0.2, 0.25) is 0 Å². The van der Waals surface area contributed by atoms with Crippen LogP contribution < -0.4 is 4.74 Å². The summed E-state index contributed by atoms with van der Waals surface area (Å²) in [5, 5.41) is 8.81. The van der Waals surface area contributed by atoms with E-state index in [1.54, 1.807) is 25.4 Å². The second-order valence-electron chi connectivity index (χ2n) is 5.89. The van der Waals surface area contributed by atoms with Gasteiger partial charge in [-0.1, -0.05) is 0 Å². The first kappa shape index (κ1) is 16.9. The molecular formula is C18H21N5O2. The zero-order valence-electron chi connectivity index (χ0n) is 14.9. The normalized spacial score (nSPS) is 10.9. The molecule has 3 rings (SSSR count). The van der Waals surface area contributed by atoms with E-state index >= 15 is 0 Å². The summed E-state index contributed by atoms with van der Waals surface area (Å²) < 4.78 is 7.17. The van der Waals surface area contributed by atoms with Gasteiger partial charge in [0.2, 0.25) is 0 Å². The molecule has 130 valence electrons. The van der Waals surface area contributed by atoms with Crippen LogP contribution in [0.15, 0.2) is 30.6 Å². The van der Waals surface area contributed by atoms with Crippen LogP contribution in [0.3, 0.4) is 0 Å². The molecule has 1 aromatic carbocycles. The largest absolute Gasteiger partial charge is 0.497 e. The summed E-state index contributed by atoms with van der Waals surface area (Å²) in [5.41, 5.74) is 2.15. The van der Waals surface area contributed by atoms with Gasteiger partial charge in [0.25, 0.3) is 5.91 Å². The van der Waals surface area contributed by atoms with Crippen molar-refractivity contribution in [3.8, 4) is 5.75 Å². The summed E-state index contributed by atoms with van der Waals surface area (Å²) in [7, 11) is 3.38. The Morgan fingerprint density at radius 2 is 2.12 bits per heavy atom. The number of hydrogen-bond acceptors (Lipinski definition) is 5. The number of amides is 1. The zero-order valence-corrected chi connectivity index (χ0v) is 14.9. The van der Waals surface area contributed by atoms with Gasteiger partial charge in [-0.25, -0.2) is 0 Å². The maximum absolute atomic E-state index is 13.0. The molecule has 0 bridgehead atoms. The Morgan fingerprint density at radius 3 is 2.84 bits per heavy atom. The Labute approximate surface area is 146 Å². The lowest BCUT2D eigenvalue weighted by molar-refractivity contribution is 0.0781. The average molecular weight is 339 g/mol. The molecule has 7 heteroatoms. The number of rotatable bonds is 5. The van der Waals surface area contributed by atoms with Gasteiger partial charge in [0.05, 0.1) is 24.7 Å². The monoisotopic (exact) mass is 339 g/mol. The number of methoxy groups -OCH3 is 1. The smallest absolute Gasteiger partial charge is 0.254 e. The van der Waals surface area contributed by atoms with E-state index in [2.05, 4.69) is 15.2 Å². The molecule has 0 aliphatic rings. The molecule has 0 aliphatic carbocycles. The SMILES string of the molecule is CCn1cnnc1CN(C)C(=O)c1cc(C)nc2cc(OC)ccc12. The fraction of sp³-hybridized carbons (Fsp3) is 0.333. The topological polar surface area (TPSA) is 73.1 Å². The lowest BCUT2D eigenvalue weighted by atomic mass is 10.1. The third-order valence-corrected chi connectivity index (χ3v) is 4.14. The molecule has 25 heavy (non-hydrogen) atoms. The summed E-state index contributed by atoms with van der Waals surface area (Å²) in [5.74, 6) is 1.40. The molecule has 0 saturated heterocycles. The van der Waals surface area contributed by atoms with Gasteiger partial charge in [0.1, 0.15) is 12.1 Å². The van der Waals surface area contributed by atoms with E-state index in [-0.39, 0.29) is 5.91 Å². The molecule has 2 aromatic heterocycles. The fourth-order valence-corrected chi connectivity index (χ4v) is 2.80. The number of aryl methyl sites for hydroxylation is 2. The summed E-state index contributed by atoms with van der Waals surface area (Å²) in [6.45, 7) is 5.05. The van der Waals surface area contributed by atoms with Crippen molar-refractivity contribution in [2.45, 2.75) is 26.9 Å². The van der Waals surface area contributed by atoms with Crippen molar-refractivity contribution in [3.05, 3.63) is 47.7 Å². The molecule has 0 saturated carbocycles. The lowest BCUT2D eigenvalue weighted by Crippen LogP contribution is -2.28. The van der Waals surface area contributed by atoms with Crippen LogP contribution in [0, 0.1) is 6.92 Å². The molecular weight excluding hydrogens is 318 g/mol. The fourth-order valence-electron chi connectivity index (χ4n) is 2.80. The van der Waals surface area contributed by atoms with Crippen molar-refractivity contribution in [3.63, 3.8) is 0 Å². The van der Waals surface area contributed by atoms with Gasteiger partial charge in [-0.2, -0.15) is 0 Å². The van der Waals surface area contributed by atoms with E-state index in [0.717, 1.165) is 29.0 Å². The van der Waals surface area contributed by atoms with Crippen LogP contribution in [0.5, 0.6) is 5.75 Å². The van der Waals surface area contributed by atoms with E-state index in [9.17, 15) is 4.79 Å². The summed E-state index contributed by atoms with van der Waals surface area (Å²) in [6.07, 6.45) is 1.67. The van der Waals surface area contributed by atoms with Crippen molar-refractivity contribution >= 4 is 16.8 Å². The van der Waals surface area contributed by atoms with E-state index in [0.29, 0.717) is 17.9 Å². The number of aromatic nitrogens is 4. The van der Waals surface area contributed by atoms with Crippen molar-refractivity contribution < 1.29 is 9.53 Å². The van der Waals surface area contributed by atoms with Crippen LogP contribution in [-0.2, 0) is 13.1 Å². The molecule has 0 spiro atoms. The molecule has 0 atom stereocenters. The number of fused-ring (bicyclic) bond motifs is 1. The Kier molecular flexibility index (Phi) is 4.65. The average Bonchev–Trinajstić information content (AvgIpc) is 3.06. The first-order chi connectivity index (χ1) is 12.0. The predicted molar refractivity (Wildman–Crippen MR) is 94.5 cm³/mol. The number of nitrogens with zero attached hydrogens (tertiary/aromatic N) is 5. The molecule has 0 aliphatic heterocycles. The van der Waals surface area contributed by atoms with E-state index in [1.807, 2.05) is 42.7 Å². The minimum Gasteiger partial charge on any atom is -0.497 e. The van der Waals surface area contributed by atoms with Crippen molar-refractivity contribution in [1.29, 1.82) is 0 Å². The predicted octanol–water partition coefficient (Wildman–Crippen LogP) is 2.44. The van der Waals surface area contributed by atoms with E-state index < -0.39 is 0 Å². The summed E-state index contributed by atoms with van der Waals surface area (Å²) in [4.78, 5) is 19.2. The number of ether oxygens (including phenoxy) is 1.